The van der Waals surface area contributed by atoms with Crippen molar-refractivity contribution in [1.82, 2.24) is 0 Å². The number of carboxylic acids is 1. The van der Waals surface area contributed by atoms with Gasteiger partial charge in [0.15, 0.2) is 56.2 Å². The molecule has 0 aromatic carbocycles. The molecule has 0 radical (unpaired) electrons. The van der Waals surface area contributed by atoms with E-state index in [1.165, 1.54) is 20.8 Å². The predicted molar refractivity (Wildman–Crippen MR) is 373 cm³/mol. The first-order valence-corrected chi connectivity index (χ1v) is 40.2. The second kappa shape index (κ2) is 32.9. The lowest BCUT2D eigenvalue weighted by atomic mass is 9.31. The maximum absolute atomic E-state index is 16.3. The van der Waals surface area contributed by atoms with Crippen molar-refractivity contribution in [2.24, 2.45) is 50.2 Å². The summed E-state index contributed by atoms with van der Waals surface area (Å²) >= 11 is 0. The van der Waals surface area contributed by atoms with Crippen molar-refractivity contribution in [3.63, 3.8) is 0 Å². The number of aliphatic hydroxyl groups excluding tert-OH is 20. The standard InChI is InChI=1S/C75H118O41/c1-24-37(82)41(86)46(91)63(103-24)109-53-26(3)105-66(57(49(53)94)113-64-48(93)43(88)52(25(2)104-64)108-62-51(96)54(29(80)22-102-62)110-60-44(89)38(83)27(78)20-100-60)115-68(99)74-15-14-69(4,5)17-33(74)75-36(116-75)16-32-70(6)12-11-35(71(7,23-77)31(70)10-13-72(32,8)73(75,9)18-34(74)81)107-67-58(114-65-47(92)42(87)40(85)30(19-76)106-65)55(50(95)56(112-67)59(97)98)111-61-45(90)39(84)28(79)21-101-61/h23-58,60-67,76,78-96H,10-22H2,1-9H3,(H,97,98)/t24-,25+,26-,27-,28-,29-,30-,31-,32-,33-,34-,35+,36-,37-,38+,39+,40+,41+,42+,43+,44-,45-,46-,47-,48-,49+,50+,51-,52+,53+,54+,55+,56+,57-,58-,60+,61+,62+,63+,64+,65+,66+,67-,70+,71+,72-,73+,74-,75-/m1/s1. The van der Waals surface area contributed by atoms with Gasteiger partial charge in [-0.25, -0.2) is 4.79 Å². The van der Waals surface area contributed by atoms with E-state index in [1.807, 2.05) is 13.8 Å². The van der Waals surface area contributed by atoms with E-state index >= 15 is 4.79 Å². The van der Waals surface area contributed by atoms with Crippen LogP contribution in [-0.2, 0) is 94.9 Å². The van der Waals surface area contributed by atoms with E-state index in [9.17, 15) is 117 Å². The molecule has 5 aliphatic carbocycles. The summed E-state index contributed by atoms with van der Waals surface area (Å²) in [6.45, 7) is 13.7. The summed E-state index contributed by atoms with van der Waals surface area (Å²) in [4.78, 5) is 43.7. The van der Waals surface area contributed by atoms with E-state index < -0.39 is 334 Å². The van der Waals surface area contributed by atoms with Crippen LogP contribution in [0, 0.1) is 50.2 Å². The zero-order valence-corrected chi connectivity index (χ0v) is 65.7. The number of carbonyl (C=O) groups is 3. The summed E-state index contributed by atoms with van der Waals surface area (Å²) in [7, 11) is 0. The van der Waals surface area contributed by atoms with Gasteiger partial charge in [-0.1, -0.05) is 41.5 Å². The van der Waals surface area contributed by atoms with Crippen LogP contribution in [0.1, 0.15) is 120 Å². The van der Waals surface area contributed by atoms with Gasteiger partial charge >= 0.3 is 11.9 Å². The van der Waals surface area contributed by atoms with Crippen LogP contribution in [0.2, 0.25) is 0 Å². The van der Waals surface area contributed by atoms with Crippen molar-refractivity contribution < 1.29 is 202 Å². The Kier molecular flexibility index (Phi) is 25.4. The van der Waals surface area contributed by atoms with E-state index in [0.717, 1.165) is 6.29 Å². The number of aldehydes is 1. The Hall–Kier alpha value is -2.83. The SMILES string of the molecule is C[C@@H]1O[C@@H](O[C@H]2[C@H](OC(=O)[C@]34CCC(C)(C)C[C@H]3[C@@]35O[C@@H]3C[C@@H]3[C@@]6(C)CC[C@H](O[C@@H]7O[C@H](C(=O)O)[C@@H](O)[C@H](O[C@@H]8OC[C@@H](O)[C@H](O)[C@H]8O)[C@H]7O[C@@H]7O[C@H](CO)[C@H](O)[C@H](O)[C@H]7O)[C@@](C)(C=O)[C@@H]6CC[C@@]3(C)[C@]5(C)C[C@H]4O)O[C@H](C)[C@H](O[C@@H]3O[C@H](C)[C@@H](O)[C@H](O)[C@H]3O)[C@@H]2O)[C@H](O)[C@H](O)[C@H]1O[C@@H]1OC[C@@H](O)[C@H](O[C@@H]2OC[C@@H](O)[C@H](O)[C@H]2O)[C@H]1O. The highest BCUT2D eigenvalue weighted by Gasteiger charge is 2.87. The molecule has 21 N–H and O–H groups in total. The molecule has 14 aliphatic rings. The highest BCUT2D eigenvalue weighted by Crippen LogP contribution is 2.83. The molecule has 14 fully saturated rings. The van der Waals surface area contributed by atoms with Crippen LogP contribution in [0.5, 0.6) is 0 Å². The molecular weight excluding hydrogens is 1560 g/mol. The molecule has 41 heteroatoms. The van der Waals surface area contributed by atoms with Crippen molar-refractivity contribution in [2.75, 3.05) is 26.4 Å². The van der Waals surface area contributed by atoms with Crippen molar-refractivity contribution in [3.8, 4) is 0 Å². The van der Waals surface area contributed by atoms with Gasteiger partial charge in [-0.2, -0.15) is 0 Å². The monoisotopic (exact) mass is 1670 g/mol. The van der Waals surface area contributed by atoms with E-state index in [2.05, 4.69) is 20.8 Å². The number of hydrogen-bond donors (Lipinski definition) is 21. The maximum atomic E-state index is 16.3. The fourth-order valence-corrected chi connectivity index (χ4v) is 22.6. The molecule has 9 aliphatic heterocycles. The average molecular weight is 1680 g/mol. The predicted octanol–water partition coefficient (Wildman–Crippen LogP) is -8.29. The molecule has 49 atom stereocenters. The first kappa shape index (κ1) is 89.4. The zero-order chi connectivity index (χ0) is 84.4. The molecular formula is C75H118O41. The summed E-state index contributed by atoms with van der Waals surface area (Å²) in [6, 6.07) is 0. The topological polar surface area (TPSA) is 636 Å². The van der Waals surface area contributed by atoms with Gasteiger partial charge in [-0.3, -0.25) is 4.79 Å². The van der Waals surface area contributed by atoms with Gasteiger partial charge in [0.05, 0.1) is 73.9 Å². The Morgan fingerprint density at radius 1 is 0.431 bits per heavy atom. The first-order valence-electron chi connectivity index (χ1n) is 40.2. The second-order valence-electron chi connectivity index (χ2n) is 36.7. The lowest BCUT2D eigenvalue weighted by Gasteiger charge is -2.72. The fourth-order valence-electron chi connectivity index (χ4n) is 22.6. The van der Waals surface area contributed by atoms with Crippen LogP contribution in [0.3, 0.4) is 0 Å². The third kappa shape index (κ3) is 14.7. The summed E-state index contributed by atoms with van der Waals surface area (Å²) in [6.07, 6.45) is -67.6. The quantitative estimate of drug-likeness (QED) is 0.0247. The summed E-state index contributed by atoms with van der Waals surface area (Å²) < 4.78 is 104. The Bertz CT molecular complexity index is 3440. The molecule has 9 saturated heterocycles. The minimum Gasteiger partial charge on any atom is -0.479 e. The summed E-state index contributed by atoms with van der Waals surface area (Å²) in [5, 5.41) is 234. The Morgan fingerprint density at radius 2 is 0.940 bits per heavy atom. The zero-order valence-electron chi connectivity index (χ0n) is 65.7. The Labute approximate surface area is 666 Å². The molecule has 1 spiro atoms. The van der Waals surface area contributed by atoms with Crippen molar-refractivity contribution in [2.45, 2.75) is 371 Å². The number of aliphatic hydroxyl groups is 20. The minimum atomic E-state index is -2.25. The number of carboxylic acid groups (broad SMARTS) is 1. The normalized spacial score (nSPS) is 57.2. The first-order chi connectivity index (χ1) is 54.4. The molecule has 0 aromatic rings. The van der Waals surface area contributed by atoms with Gasteiger partial charge in [0.25, 0.3) is 0 Å². The van der Waals surface area contributed by atoms with Gasteiger partial charge in [-0.05, 0) is 107 Å². The average Bonchev–Trinajstić information content (AvgIpc) is 1.44. The van der Waals surface area contributed by atoms with Gasteiger partial charge in [-0.15, -0.1) is 0 Å². The number of aliphatic carboxylic acids is 1. The number of carbonyl (C=O) groups excluding carboxylic acids is 2. The molecule has 0 aromatic heterocycles. The van der Waals surface area contributed by atoms with Crippen molar-refractivity contribution >= 4 is 18.2 Å². The molecule has 664 valence electrons. The van der Waals surface area contributed by atoms with Crippen molar-refractivity contribution in [3.05, 3.63) is 0 Å². The molecule has 9 heterocycles. The molecule has 0 amide bonds. The Morgan fingerprint density at radius 3 is 1.54 bits per heavy atom. The van der Waals surface area contributed by atoms with Crippen LogP contribution >= 0.6 is 0 Å². The number of epoxide rings is 1. The van der Waals surface area contributed by atoms with E-state index in [-0.39, 0.29) is 25.2 Å². The highest BCUT2D eigenvalue weighted by atomic mass is 16.8. The molecule has 41 nitrogen and oxygen atoms in total. The minimum absolute atomic E-state index is 0.0367. The van der Waals surface area contributed by atoms with E-state index in [1.54, 1.807) is 6.92 Å². The molecule has 0 bridgehead atoms. The summed E-state index contributed by atoms with van der Waals surface area (Å²) in [5.41, 5.74) is -7.48. The largest absolute Gasteiger partial charge is 0.479 e. The number of ether oxygens (including phenoxy) is 17. The van der Waals surface area contributed by atoms with Gasteiger partial charge in [0.1, 0.15) is 158 Å². The second-order valence-corrected chi connectivity index (χ2v) is 36.7. The van der Waals surface area contributed by atoms with E-state index in [4.69, 9.17) is 80.5 Å². The lowest BCUT2D eigenvalue weighted by molar-refractivity contribution is -0.391. The number of rotatable bonds is 19. The van der Waals surface area contributed by atoms with Crippen molar-refractivity contribution in [1.29, 1.82) is 0 Å². The Balaban J connectivity index is 0.724. The van der Waals surface area contributed by atoms with Gasteiger partial charge in [0.2, 0.25) is 6.29 Å². The highest BCUT2D eigenvalue weighted by molar-refractivity contribution is 5.80. The number of esters is 1. The van der Waals surface area contributed by atoms with Crippen LogP contribution in [0.25, 0.3) is 0 Å². The van der Waals surface area contributed by atoms with Gasteiger partial charge in [0, 0.05) is 11.3 Å². The molecule has 0 unspecified atom stereocenters. The van der Waals surface area contributed by atoms with Crippen LogP contribution in [0.4, 0.5) is 0 Å². The summed E-state index contributed by atoms with van der Waals surface area (Å²) in [5.74, 6) is -4.41. The fraction of sp³-hybridized carbons (Fsp3) is 0.960. The lowest BCUT2D eigenvalue weighted by Crippen LogP contribution is -2.74. The molecule has 116 heavy (non-hydrogen) atoms. The number of fused-ring (bicyclic) bond motifs is 5. The van der Waals surface area contributed by atoms with Gasteiger partial charge < -0.3 is 193 Å². The third-order valence-corrected chi connectivity index (χ3v) is 29.5. The van der Waals surface area contributed by atoms with E-state index in [0.29, 0.717) is 38.5 Å². The smallest absolute Gasteiger partial charge is 0.335 e. The third-order valence-electron chi connectivity index (χ3n) is 29.5. The number of hydrogen-bond acceptors (Lipinski definition) is 40. The molecule has 5 saturated carbocycles. The van der Waals surface area contributed by atoms with Crippen LogP contribution < -0.4 is 0 Å². The van der Waals surface area contributed by atoms with Crippen LogP contribution in [-0.4, -0.2) is 403 Å². The van der Waals surface area contributed by atoms with Crippen LogP contribution in [0.15, 0.2) is 0 Å². The maximum Gasteiger partial charge on any atom is 0.335 e. The molecule has 14 rings (SSSR count).